The van der Waals surface area contributed by atoms with Gasteiger partial charge in [0, 0.05) is 12.8 Å². The van der Waals surface area contributed by atoms with Crippen LogP contribution in [0.5, 0.6) is 0 Å². The lowest BCUT2D eigenvalue weighted by Gasteiger charge is -2.15. The molecule has 0 aliphatic rings. The van der Waals surface area contributed by atoms with Gasteiger partial charge < -0.3 is 14.6 Å². The lowest BCUT2D eigenvalue weighted by Crippen LogP contribution is -2.28. The van der Waals surface area contributed by atoms with Crippen molar-refractivity contribution in [3.63, 3.8) is 0 Å². The van der Waals surface area contributed by atoms with Gasteiger partial charge in [0.25, 0.3) is 0 Å². The number of ether oxygens (including phenoxy) is 2. The second-order valence-corrected chi connectivity index (χ2v) is 18.3. The van der Waals surface area contributed by atoms with Crippen molar-refractivity contribution >= 4 is 11.9 Å². The number of aliphatic hydroxyl groups excluding tert-OH is 1. The molecule has 0 aromatic heterocycles. The molecule has 362 valence electrons. The summed E-state index contributed by atoms with van der Waals surface area (Å²) in [6.45, 7) is 4.07. The van der Waals surface area contributed by atoms with E-state index in [1.54, 1.807) is 0 Å². The van der Waals surface area contributed by atoms with Crippen molar-refractivity contribution in [3.05, 3.63) is 48.6 Å². The molecule has 0 aromatic carbocycles. The van der Waals surface area contributed by atoms with Gasteiger partial charge in [-0.25, -0.2) is 0 Å². The number of carbonyl (C=O) groups excluding carboxylic acids is 2. The average Bonchev–Trinajstić information content (AvgIpc) is 3.28. The lowest BCUT2D eigenvalue weighted by atomic mass is 10.0. The van der Waals surface area contributed by atoms with Crippen LogP contribution < -0.4 is 0 Å². The van der Waals surface area contributed by atoms with Crippen molar-refractivity contribution in [1.29, 1.82) is 0 Å². The van der Waals surface area contributed by atoms with Crippen LogP contribution in [0.4, 0.5) is 0 Å². The lowest BCUT2D eigenvalue weighted by molar-refractivity contribution is -0.161. The molecule has 0 aliphatic heterocycles. The van der Waals surface area contributed by atoms with Crippen molar-refractivity contribution in [2.24, 2.45) is 0 Å². The Kier molecular flexibility index (Phi) is 51.4. The molecule has 0 saturated heterocycles. The fraction of sp³-hybridized carbons (Fsp3) is 0.825. The monoisotopic (exact) mass is 869 g/mol. The number of hydrogen-bond acceptors (Lipinski definition) is 5. The summed E-state index contributed by atoms with van der Waals surface area (Å²) in [6, 6.07) is 0. The SMILES string of the molecule is CC/C=C\C/C=C\C/C=C\C/C=C\CCCCCCCCCCCCCCCCCCCCC(=O)OC(CO)COC(=O)CCCCCCCCCCCCCCCCCCC. The third-order valence-electron chi connectivity index (χ3n) is 12.1. The highest BCUT2D eigenvalue weighted by Gasteiger charge is 2.16. The zero-order valence-electron chi connectivity index (χ0n) is 41.4. The number of allylic oxidation sites excluding steroid dienone is 8. The van der Waals surface area contributed by atoms with Crippen LogP contribution in [0.25, 0.3) is 0 Å². The molecule has 5 heteroatoms. The maximum absolute atomic E-state index is 12.3. The molecule has 0 aromatic rings. The fourth-order valence-corrected chi connectivity index (χ4v) is 8.08. The van der Waals surface area contributed by atoms with E-state index in [1.807, 2.05) is 0 Å². The van der Waals surface area contributed by atoms with Crippen molar-refractivity contribution in [2.45, 2.75) is 290 Å². The second kappa shape index (κ2) is 53.2. The van der Waals surface area contributed by atoms with E-state index in [0.717, 1.165) is 57.8 Å². The molecule has 1 N–H and O–H groups in total. The molecular weight excluding hydrogens is 765 g/mol. The molecule has 0 amide bonds. The van der Waals surface area contributed by atoms with Gasteiger partial charge in [-0.05, 0) is 51.4 Å². The highest BCUT2D eigenvalue weighted by molar-refractivity contribution is 5.70. The summed E-state index contributed by atoms with van der Waals surface area (Å²) in [5, 5.41) is 9.63. The van der Waals surface area contributed by atoms with Crippen LogP contribution in [0.15, 0.2) is 48.6 Å². The fourth-order valence-electron chi connectivity index (χ4n) is 8.08. The second-order valence-electron chi connectivity index (χ2n) is 18.3. The molecule has 0 rings (SSSR count). The van der Waals surface area contributed by atoms with Gasteiger partial charge in [0.1, 0.15) is 6.61 Å². The summed E-state index contributed by atoms with van der Waals surface area (Å²) in [5.74, 6) is -0.574. The average molecular weight is 869 g/mol. The number of esters is 2. The molecule has 0 spiro atoms. The number of unbranched alkanes of at least 4 members (excludes halogenated alkanes) is 34. The van der Waals surface area contributed by atoms with Gasteiger partial charge in [0.15, 0.2) is 6.10 Å². The standard InChI is InChI=1S/C57H104O5/c1-3-5-7-9-11-13-15-17-19-21-22-23-24-25-26-27-28-29-30-31-32-33-34-36-38-40-42-44-46-48-50-52-57(60)62-55(53-58)54-61-56(59)51-49-47-45-43-41-39-37-35-20-18-16-14-12-10-8-6-4-2/h5,7,11,13,17,19,22-23,55,58H,3-4,6,8-10,12,14-16,18,20-21,24-54H2,1-2H3/b7-5-,13-11-,19-17-,23-22-. The van der Waals surface area contributed by atoms with E-state index in [9.17, 15) is 14.7 Å². The Morgan fingerprint density at radius 3 is 1.05 bits per heavy atom. The highest BCUT2D eigenvalue weighted by Crippen LogP contribution is 2.17. The van der Waals surface area contributed by atoms with Crippen molar-refractivity contribution < 1.29 is 24.2 Å². The Balaban J connectivity index is 3.43. The minimum atomic E-state index is -0.768. The van der Waals surface area contributed by atoms with E-state index in [4.69, 9.17) is 9.47 Å². The third kappa shape index (κ3) is 50.5. The van der Waals surface area contributed by atoms with E-state index in [0.29, 0.717) is 12.8 Å². The van der Waals surface area contributed by atoms with Crippen LogP contribution in [0, 0.1) is 0 Å². The number of aliphatic hydroxyl groups is 1. The Bertz CT molecular complexity index is 1030. The molecule has 5 nitrogen and oxygen atoms in total. The molecule has 62 heavy (non-hydrogen) atoms. The van der Waals surface area contributed by atoms with Gasteiger partial charge in [-0.15, -0.1) is 0 Å². The van der Waals surface area contributed by atoms with Crippen molar-refractivity contribution in [1.82, 2.24) is 0 Å². The molecule has 0 bridgehead atoms. The van der Waals surface area contributed by atoms with Crippen molar-refractivity contribution in [2.75, 3.05) is 13.2 Å². The molecule has 0 radical (unpaired) electrons. The van der Waals surface area contributed by atoms with Gasteiger partial charge in [-0.2, -0.15) is 0 Å². The first-order valence-electron chi connectivity index (χ1n) is 27.2. The third-order valence-corrected chi connectivity index (χ3v) is 12.1. The molecule has 0 fully saturated rings. The highest BCUT2D eigenvalue weighted by atomic mass is 16.6. The Morgan fingerprint density at radius 1 is 0.387 bits per heavy atom. The summed E-state index contributed by atoms with van der Waals surface area (Å²) in [4.78, 5) is 24.5. The summed E-state index contributed by atoms with van der Waals surface area (Å²) in [7, 11) is 0. The molecule has 0 aliphatic carbocycles. The molecule has 1 unspecified atom stereocenters. The zero-order chi connectivity index (χ0) is 44.9. The first kappa shape index (κ1) is 59.9. The predicted octanol–water partition coefficient (Wildman–Crippen LogP) is 18.1. The quantitative estimate of drug-likeness (QED) is 0.0375. The van der Waals surface area contributed by atoms with Crippen LogP contribution in [0.2, 0.25) is 0 Å². The summed E-state index contributed by atoms with van der Waals surface area (Å²) >= 11 is 0. The number of rotatable bonds is 50. The largest absolute Gasteiger partial charge is 0.462 e. The van der Waals surface area contributed by atoms with Crippen molar-refractivity contribution in [3.8, 4) is 0 Å². The van der Waals surface area contributed by atoms with Gasteiger partial charge in [-0.3, -0.25) is 9.59 Å². The summed E-state index contributed by atoms with van der Waals surface area (Å²) < 4.78 is 10.7. The van der Waals surface area contributed by atoms with E-state index in [2.05, 4.69) is 62.5 Å². The maximum Gasteiger partial charge on any atom is 0.306 e. The van der Waals surface area contributed by atoms with Gasteiger partial charge in [0.2, 0.25) is 0 Å². The normalized spacial score (nSPS) is 12.5. The Hall–Kier alpha value is -2.14. The summed E-state index contributed by atoms with van der Waals surface area (Å²) in [5.41, 5.74) is 0. The summed E-state index contributed by atoms with van der Waals surface area (Å²) in [6.07, 6.45) is 69.4. The minimum Gasteiger partial charge on any atom is -0.462 e. The minimum absolute atomic E-state index is 0.0605. The smallest absolute Gasteiger partial charge is 0.306 e. The predicted molar refractivity (Wildman–Crippen MR) is 270 cm³/mol. The Labute approximate surface area is 386 Å². The van der Waals surface area contributed by atoms with Gasteiger partial charge >= 0.3 is 11.9 Å². The maximum atomic E-state index is 12.3. The van der Waals surface area contributed by atoms with E-state index < -0.39 is 6.10 Å². The van der Waals surface area contributed by atoms with Crippen LogP contribution >= 0.6 is 0 Å². The van der Waals surface area contributed by atoms with Gasteiger partial charge in [0.05, 0.1) is 6.61 Å². The van der Waals surface area contributed by atoms with Crippen LogP contribution in [0.1, 0.15) is 284 Å². The van der Waals surface area contributed by atoms with E-state index >= 15 is 0 Å². The van der Waals surface area contributed by atoms with Gasteiger partial charge in [-0.1, -0.05) is 268 Å². The van der Waals surface area contributed by atoms with E-state index in [1.165, 1.54) is 199 Å². The topological polar surface area (TPSA) is 72.8 Å². The first-order valence-corrected chi connectivity index (χ1v) is 27.2. The molecule has 1 atom stereocenters. The first-order chi connectivity index (χ1) is 30.6. The molecular formula is C57H104O5. The number of carbonyl (C=O) groups is 2. The zero-order valence-corrected chi connectivity index (χ0v) is 41.4. The molecule has 0 heterocycles. The van der Waals surface area contributed by atoms with Crippen LogP contribution in [0.3, 0.4) is 0 Å². The number of hydrogen-bond donors (Lipinski definition) is 1. The Morgan fingerprint density at radius 2 is 0.694 bits per heavy atom. The van der Waals surface area contributed by atoms with E-state index in [-0.39, 0.29) is 25.2 Å². The van der Waals surface area contributed by atoms with Crippen LogP contribution in [-0.4, -0.2) is 36.4 Å². The molecule has 0 saturated carbocycles. The van der Waals surface area contributed by atoms with Crippen LogP contribution in [-0.2, 0) is 19.1 Å².